The molecule has 0 radical (unpaired) electrons. The molecule has 0 spiro atoms. The van der Waals surface area contributed by atoms with Gasteiger partial charge < -0.3 is 5.11 Å². The highest BCUT2D eigenvalue weighted by Gasteiger charge is 2.27. The molecule has 27 heavy (non-hydrogen) atoms. The Hall–Kier alpha value is -2.28. The molecule has 142 valence electrons. The Morgan fingerprint density at radius 2 is 1.93 bits per heavy atom. The van der Waals surface area contributed by atoms with Crippen molar-refractivity contribution in [2.75, 3.05) is 26.2 Å². The highest BCUT2D eigenvalue weighted by Crippen LogP contribution is 2.21. The molecule has 0 saturated carbocycles. The van der Waals surface area contributed by atoms with Crippen LogP contribution in [0, 0.1) is 6.92 Å². The van der Waals surface area contributed by atoms with Gasteiger partial charge in [0.2, 0.25) is 0 Å². The number of hydrogen-bond acceptors (Lipinski definition) is 6. The lowest BCUT2D eigenvalue weighted by molar-refractivity contribution is 0.0499. The molecule has 6 nitrogen and oxygen atoms in total. The maximum absolute atomic E-state index is 9.56. The van der Waals surface area contributed by atoms with Gasteiger partial charge >= 0.3 is 0 Å². The summed E-state index contributed by atoms with van der Waals surface area (Å²) in [6, 6.07) is 15.0. The molecule has 1 aliphatic rings. The lowest BCUT2D eigenvalue weighted by atomic mass is 10.0. The number of nitrogens with zero attached hydrogens (tertiary/aromatic N) is 4. The topological polar surface area (TPSA) is 65.6 Å². The lowest BCUT2D eigenvalue weighted by Gasteiger charge is -2.41. The van der Waals surface area contributed by atoms with Crippen LogP contribution < -0.4 is 0 Å². The highest BCUT2D eigenvalue weighted by atomic mass is 16.6. The molecular formula is C21H26N4O2. The molecule has 0 amide bonds. The SMILES string of the molecule is Cc1ccccc1CN1CCN(Cc2ccc3nonc3c2)CC1CCO. The molecule has 6 heteroatoms. The molecule has 1 N–H and O–H groups in total. The van der Waals surface area contributed by atoms with E-state index in [-0.39, 0.29) is 6.61 Å². The third-order valence-electron chi connectivity index (χ3n) is 5.51. The molecule has 3 aromatic rings. The minimum absolute atomic E-state index is 0.222. The van der Waals surface area contributed by atoms with Crippen molar-refractivity contribution >= 4 is 11.0 Å². The van der Waals surface area contributed by atoms with Crippen molar-refractivity contribution < 1.29 is 9.74 Å². The zero-order valence-electron chi connectivity index (χ0n) is 15.7. The summed E-state index contributed by atoms with van der Waals surface area (Å²) in [5.74, 6) is 0. The molecule has 4 rings (SSSR count). The van der Waals surface area contributed by atoms with Gasteiger partial charge in [-0.25, -0.2) is 4.63 Å². The second-order valence-corrected chi connectivity index (χ2v) is 7.39. The normalized spacial score (nSPS) is 19.0. The van der Waals surface area contributed by atoms with E-state index in [1.165, 1.54) is 16.7 Å². The van der Waals surface area contributed by atoms with Gasteiger partial charge in [-0.2, -0.15) is 0 Å². The number of benzene rings is 2. The number of aryl methyl sites for hydroxylation is 1. The lowest BCUT2D eigenvalue weighted by Crippen LogP contribution is -2.52. The van der Waals surface area contributed by atoms with Crippen molar-refractivity contribution in [2.24, 2.45) is 0 Å². The number of hydrogen-bond donors (Lipinski definition) is 1. The highest BCUT2D eigenvalue weighted by molar-refractivity contribution is 5.73. The Kier molecular flexibility index (Phi) is 5.48. The summed E-state index contributed by atoms with van der Waals surface area (Å²) >= 11 is 0. The van der Waals surface area contributed by atoms with Crippen molar-refractivity contribution in [1.82, 2.24) is 20.1 Å². The standard InChI is InChI=1S/C21H26N4O2/c1-16-4-2-3-5-18(16)14-25-10-9-24(15-19(25)8-11-26)13-17-6-7-20-21(12-17)23-27-22-20/h2-7,12,19,26H,8-11,13-15H2,1H3. The van der Waals surface area contributed by atoms with Gasteiger partial charge in [0.1, 0.15) is 11.0 Å². The quantitative estimate of drug-likeness (QED) is 0.723. The third kappa shape index (κ3) is 4.18. The van der Waals surface area contributed by atoms with Crippen LogP contribution >= 0.6 is 0 Å². The van der Waals surface area contributed by atoms with Crippen LogP contribution in [0.5, 0.6) is 0 Å². The largest absolute Gasteiger partial charge is 0.396 e. The summed E-state index contributed by atoms with van der Waals surface area (Å²) in [6.07, 6.45) is 0.800. The van der Waals surface area contributed by atoms with E-state index in [9.17, 15) is 5.11 Å². The first-order chi connectivity index (χ1) is 13.2. The van der Waals surface area contributed by atoms with Crippen LogP contribution in [0.1, 0.15) is 23.1 Å². The van der Waals surface area contributed by atoms with Crippen LogP contribution in [0.2, 0.25) is 0 Å². The number of rotatable bonds is 6. The Morgan fingerprint density at radius 3 is 2.78 bits per heavy atom. The molecular weight excluding hydrogens is 340 g/mol. The van der Waals surface area contributed by atoms with E-state index in [1.54, 1.807) is 0 Å². The Balaban J connectivity index is 1.43. The second kappa shape index (κ2) is 8.17. The minimum Gasteiger partial charge on any atom is -0.396 e. The average Bonchev–Trinajstić information content (AvgIpc) is 3.13. The summed E-state index contributed by atoms with van der Waals surface area (Å²) in [6.45, 7) is 7.20. The van der Waals surface area contributed by atoms with Crippen LogP contribution in [-0.2, 0) is 13.1 Å². The fraction of sp³-hybridized carbons (Fsp3) is 0.429. The fourth-order valence-corrected chi connectivity index (χ4v) is 3.92. The number of aromatic nitrogens is 2. The molecule has 1 saturated heterocycles. The van der Waals surface area contributed by atoms with Crippen molar-refractivity contribution in [3.05, 3.63) is 59.2 Å². The van der Waals surface area contributed by atoms with E-state index in [0.717, 1.165) is 50.2 Å². The third-order valence-corrected chi connectivity index (χ3v) is 5.51. The zero-order chi connectivity index (χ0) is 18.6. The summed E-state index contributed by atoms with van der Waals surface area (Å²) in [7, 11) is 0. The van der Waals surface area contributed by atoms with Gasteiger partial charge in [0.15, 0.2) is 0 Å². The van der Waals surface area contributed by atoms with Gasteiger partial charge in [0, 0.05) is 45.4 Å². The van der Waals surface area contributed by atoms with Gasteiger partial charge in [0.25, 0.3) is 0 Å². The van der Waals surface area contributed by atoms with Crippen molar-refractivity contribution in [1.29, 1.82) is 0 Å². The van der Waals surface area contributed by atoms with Gasteiger partial charge in [-0.05, 0) is 52.5 Å². The monoisotopic (exact) mass is 366 g/mol. The predicted molar refractivity (Wildman–Crippen MR) is 104 cm³/mol. The Morgan fingerprint density at radius 1 is 1.07 bits per heavy atom. The van der Waals surface area contributed by atoms with E-state index in [1.807, 2.05) is 12.1 Å². The number of piperazine rings is 1. The summed E-state index contributed by atoms with van der Waals surface area (Å²) < 4.78 is 4.79. The smallest absolute Gasteiger partial charge is 0.135 e. The molecule has 1 unspecified atom stereocenters. The van der Waals surface area contributed by atoms with E-state index >= 15 is 0 Å². The van der Waals surface area contributed by atoms with Crippen LogP contribution in [0.3, 0.4) is 0 Å². The van der Waals surface area contributed by atoms with Crippen LogP contribution in [0.4, 0.5) is 0 Å². The molecule has 1 aromatic heterocycles. The minimum atomic E-state index is 0.222. The Bertz CT molecular complexity index is 895. The van der Waals surface area contributed by atoms with Crippen LogP contribution in [-0.4, -0.2) is 57.5 Å². The van der Waals surface area contributed by atoms with Crippen molar-refractivity contribution in [2.45, 2.75) is 32.5 Å². The maximum atomic E-state index is 9.56. The molecule has 0 bridgehead atoms. The predicted octanol–water partition coefficient (Wildman–Crippen LogP) is 2.60. The molecule has 2 heterocycles. The van der Waals surface area contributed by atoms with Crippen molar-refractivity contribution in [3.8, 4) is 0 Å². The number of aliphatic hydroxyl groups is 1. The summed E-state index contributed by atoms with van der Waals surface area (Å²) in [4.78, 5) is 4.98. The van der Waals surface area contributed by atoms with E-state index in [4.69, 9.17) is 4.63 Å². The Labute approximate surface area is 159 Å². The maximum Gasteiger partial charge on any atom is 0.135 e. The van der Waals surface area contributed by atoms with Gasteiger partial charge in [-0.1, -0.05) is 30.3 Å². The molecule has 1 aliphatic heterocycles. The first kappa shape index (κ1) is 18.1. The van der Waals surface area contributed by atoms with Gasteiger partial charge in [-0.15, -0.1) is 0 Å². The second-order valence-electron chi connectivity index (χ2n) is 7.39. The van der Waals surface area contributed by atoms with E-state index in [0.29, 0.717) is 6.04 Å². The number of fused-ring (bicyclic) bond motifs is 1. The summed E-state index contributed by atoms with van der Waals surface area (Å²) in [5, 5.41) is 17.4. The molecule has 0 aliphatic carbocycles. The van der Waals surface area contributed by atoms with E-state index in [2.05, 4.69) is 57.4 Å². The number of aliphatic hydroxyl groups excluding tert-OH is 1. The molecule has 2 aromatic carbocycles. The van der Waals surface area contributed by atoms with E-state index < -0.39 is 0 Å². The van der Waals surface area contributed by atoms with Crippen LogP contribution in [0.25, 0.3) is 11.0 Å². The first-order valence-corrected chi connectivity index (χ1v) is 9.56. The summed E-state index contributed by atoms with van der Waals surface area (Å²) in [5.41, 5.74) is 5.51. The van der Waals surface area contributed by atoms with Gasteiger partial charge in [-0.3, -0.25) is 9.80 Å². The zero-order valence-corrected chi connectivity index (χ0v) is 15.7. The van der Waals surface area contributed by atoms with Crippen molar-refractivity contribution in [3.63, 3.8) is 0 Å². The van der Waals surface area contributed by atoms with Gasteiger partial charge in [0.05, 0.1) is 0 Å². The first-order valence-electron chi connectivity index (χ1n) is 9.56. The fourth-order valence-electron chi connectivity index (χ4n) is 3.92. The molecule has 1 atom stereocenters. The molecule has 1 fully saturated rings. The average molecular weight is 366 g/mol. The van der Waals surface area contributed by atoms with Crippen LogP contribution in [0.15, 0.2) is 47.1 Å².